The van der Waals surface area contributed by atoms with Crippen LogP contribution < -0.4 is 4.74 Å². The van der Waals surface area contributed by atoms with Crippen molar-refractivity contribution in [3.05, 3.63) is 65.6 Å². The number of aryl methyl sites for hydroxylation is 2. The smallest absolute Gasteiger partial charge is 0.147 e. The Kier molecular flexibility index (Phi) is 3.65. The molecule has 0 unspecified atom stereocenters. The third kappa shape index (κ3) is 2.64. The lowest BCUT2D eigenvalue weighted by Crippen LogP contribution is -1.95. The van der Waals surface area contributed by atoms with Crippen molar-refractivity contribution in [2.45, 2.75) is 27.0 Å². The predicted octanol–water partition coefficient (Wildman–Crippen LogP) is 4.69. The summed E-state index contributed by atoms with van der Waals surface area (Å²) in [6.45, 7) is 5.22. The van der Waals surface area contributed by atoms with Crippen LogP contribution in [0, 0.1) is 12.7 Å². The highest BCUT2D eigenvalue weighted by Crippen LogP contribution is 2.25. The second-order valence-corrected chi connectivity index (χ2v) is 5.18. The molecule has 3 heteroatoms. The van der Waals surface area contributed by atoms with Gasteiger partial charge in [0.15, 0.2) is 0 Å². The zero-order chi connectivity index (χ0) is 14.8. The van der Waals surface area contributed by atoms with Crippen molar-refractivity contribution < 1.29 is 9.13 Å². The lowest BCUT2D eigenvalue weighted by atomic mass is 10.2. The van der Waals surface area contributed by atoms with Crippen LogP contribution in [0.25, 0.3) is 10.9 Å². The molecule has 0 bridgehead atoms. The van der Waals surface area contributed by atoms with Gasteiger partial charge in [-0.15, -0.1) is 0 Å². The number of para-hydroxylation sites is 1. The summed E-state index contributed by atoms with van der Waals surface area (Å²) >= 11 is 0. The minimum absolute atomic E-state index is 0.184. The molecular weight excluding hydrogens is 265 g/mol. The Morgan fingerprint density at radius 2 is 1.95 bits per heavy atom. The van der Waals surface area contributed by atoms with Gasteiger partial charge in [-0.05, 0) is 37.6 Å². The molecule has 1 heterocycles. The first-order valence-corrected chi connectivity index (χ1v) is 7.14. The van der Waals surface area contributed by atoms with Crippen LogP contribution in [0.3, 0.4) is 0 Å². The first-order chi connectivity index (χ1) is 10.2. The van der Waals surface area contributed by atoms with Crippen LogP contribution in [0.5, 0.6) is 5.75 Å². The fourth-order valence-corrected chi connectivity index (χ4v) is 2.62. The average Bonchev–Trinajstić information content (AvgIpc) is 2.85. The molecule has 0 aliphatic rings. The van der Waals surface area contributed by atoms with Gasteiger partial charge >= 0.3 is 0 Å². The normalized spacial score (nSPS) is 11.0. The van der Waals surface area contributed by atoms with E-state index in [0.717, 1.165) is 28.8 Å². The van der Waals surface area contributed by atoms with Gasteiger partial charge in [0.1, 0.15) is 18.2 Å². The van der Waals surface area contributed by atoms with Crippen molar-refractivity contribution in [1.82, 2.24) is 4.57 Å². The Hall–Kier alpha value is -2.29. The summed E-state index contributed by atoms with van der Waals surface area (Å²) < 4.78 is 21.8. The molecule has 0 saturated heterocycles. The number of halogens is 1. The van der Waals surface area contributed by atoms with E-state index in [4.69, 9.17) is 4.74 Å². The molecule has 1 aromatic heterocycles. The molecule has 0 aliphatic carbocycles. The summed E-state index contributed by atoms with van der Waals surface area (Å²) in [5, 5.41) is 0.921. The Morgan fingerprint density at radius 3 is 2.71 bits per heavy atom. The van der Waals surface area contributed by atoms with Gasteiger partial charge in [-0.3, -0.25) is 0 Å². The summed E-state index contributed by atoms with van der Waals surface area (Å²) in [7, 11) is 0. The number of hydrogen-bond acceptors (Lipinski definition) is 1. The van der Waals surface area contributed by atoms with Crippen molar-refractivity contribution in [3.63, 3.8) is 0 Å². The van der Waals surface area contributed by atoms with E-state index >= 15 is 0 Å². The summed E-state index contributed by atoms with van der Waals surface area (Å²) in [6, 6.07) is 13.1. The standard InChI is InChI=1S/C18H18FNO/c1-3-20-11-14(16-8-5-9-17(19)18(16)20)12-21-15-7-4-6-13(2)10-15/h4-11H,3,12H2,1-2H3. The van der Waals surface area contributed by atoms with Crippen molar-refractivity contribution >= 4 is 10.9 Å². The molecular formula is C18H18FNO. The summed E-state index contributed by atoms with van der Waals surface area (Å²) in [4.78, 5) is 0. The molecule has 0 atom stereocenters. The number of benzene rings is 2. The van der Waals surface area contributed by atoms with E-state index in [9.17, 15) is 4.39 Å². The zero-order valence-electron chi connectivity index (χ0n) is 12.3. The number of ether oxygens (including phenoxy) is 1. The molecule has 0 aliphatic heterocycles. The fraction of sp³-hybridized carbons (Fsp3) is 0.222. The fourth-order valence-electron chi connectivity index (χ4n) is 2.62. The second-order valence-electron chi connectivity index (χ2n) is 5.18. The first-order valence-electron chi connectivity index (χ1n) is 7.14. The van der Waals surface area contributed by atoms with Crippen molar-refractivity contribution in [3.8, 4) is 5.75 Å². The number of fused-ring (bicyclic) bond motifs is 1. The number of aromatic nitrogens is 1. The van der Waals surface area contributed by atoms with Gasteiger partial charge in [0.2, 0.25) is 0 Å². The molecule has 3 aromatic rings. The van der Waals surface area contributed by atoms with Gasteiger partial charge in [-0.2, -0.15) is 0 Å². The van der Waals surface area contributed by atoms with Crippen LogP contribution >= 0.6 is 0 Å². The van der Waals surface area contributed by atoms with E-state index in [1.807, 2.05) is 54.9 Å². The maximum atomic E-state index is 14.0. The van der Waals surface area contributed by atoms with E-state index in [0.29, 0.717) is 12.1 Å². The van der Waals surface area contributed by atoms with Crippen LogP contribution in [0.4, 0.5) is 4.39 Å². The number of rotatable bonds is 4. The molecule has 0 saturated carbocycles. The third-order valence-electron chi connectivity index (χ3n) is 3.66. The maximum Gasteiger partial charge on any atom is 0.147 e. The highest BCUT2D eigenvalue weighted by molar-refractivity contribution is 5.84. The molecule has 108 valence electrons. The number of nitrogens with zero attached hydrogens (tertiary/aromatic N) is 1. The second kappa shape index (κ2) is 5.60. The zero-order valence-corrected chi connectivity index (χ0v) is 12.3. The van der Waals surface area contributed by atoms with Gasteiger partial charge in [0.05, 0.1) is 5.52 Å². The molecule has 2 nitrogen and oxygen atoms in total. The molecule has 2 aromatic carbocycles. The molecule has 21 heavy (non-hydrogen) atoms. The van der Waals surface area contributed by atoms with Gasteiger partial charge in [-0.1, -0.05) is 24.3 Å². The minimum Gasteiger partial charge on any atom is -0.489 e. The highest BCUT2D eigenvalue weighted by Gasteiger charge is 2.11. The van der Waals surface area contributed by atoms with Crippen molar-refractivity contribution in [2.75, 3.05) is 0 Å². The van der Waals surface area contributed by atoms with Crippen LogP contribution in [-0.4, -0.2) is 4.57 Å². The molecule has 3 rings (SSSR count). The van der Waals surface area contributed by atoms with E-state index in [1.165, 1.54) is 6.07 Å². The van der Waals surface area contributed by atoms with E-state index < -0.39 is 0 Å². The molecule has 0 radical (unpaired) electrons. The molecule has 0 fully saturated rings. The SMILES string of the molecule is CCn1cc(COc2cccc(C)c2)c2cccc(F)c21. The summed E-state index contributed by atoms with van der Waals surface area (Å²) in [6.07, 6.45) is 1.98. The minimum atomic E-state index is -0.184. The maximum absolute atomic E-state index is 14.0. The van der Waals surface area contributed by atoms with Crippen molar-refractivity contribution in [2.24, 2.45) is 0 Å². The Morgan fingerprint density at radius 1 is 1.14 bits per heavy atom. The lowest BCUT2D eigenvalue weighted by Gasteiger charge is -2.06. The Bertz CT molecular complexity index is 776. The van der Waals surface area contributed by atoms with Gasteiger partial charge in [0.25, 0.3) is 0 Å². The van der Waals surface area contributed by atoms with Crippen molar-refractivity contribution in [1.29, 1.82) is 0 Å². The lowest BCUT2D eigenvalue weighted by molar-refractivity contribution is 0.307. The summed E-state index contributed by atoms with van der Waals surface area (Å²) in [5.41, 5.74) is 2.82. The van der Waals surface area contributed by atoms with Gasteiger partial charge < -0.3 is 9.30 Å². The third-order valence-corrected chi connectivity index (χ3v) is 3.66. The van der Waals surface area contributed by atoms with E-state index in [2.05, 4.69) is 0 Å². The molecule has 0 spiro atoms. The quantitative estimate of drug-likeness (QED) is 0.677. The average molecular weight is 283 g/mol. The first kappa shape index (κ1) is 13.7. The van der Waals surface area contributed by atoms with E-state index in [1.54, 1.807) is 6.07 Å². The van der Waals surface area contributed by atoms with Crippen LogP contribution in [-0.2, 0) is 13.2 Å². The molecule has 0 amide bonds. The van der Waals surface area contributed by atoms with Crippen LogP contribution in [0.15, 0.2) is 48.7 Å². The number of hydrogen-bond donors (Lipinski definition) is 0. The topological polar surface area (TPSA) is 14.2 Å². The van der Waals surface area contributed by atoms with Gasteiger partial charge in [-0.25, -0.2) is 4.39 Å². The Balaban J connectivity index is 1.92. The summed E-state index contributed by atoms with van der Waals surface area (Å²) in [5.74, 6) is 0.653. The monoisotopic (exact) mass is 283 g/mol. The van der Waals surface area contributed by atoms with Crippen LogP contribution in [0.1, 0.15) is 18.1 Å². The van der Waals surface area contributed by atoms with Crippen LogP contribution in [0.2, 0.25) is 0 Å². The predicted molar refractivity (Wildman–Crippen MR) is 83.1 cm³/mol. The Labute approximate surface area is 123 Å². The molecule has 0 N–H and O–H groups in total. The van der Waals surface area contributed by atoms with Gasteiger partial charge in [0, 0.05) is 23.7 Å². The van der Waals surface area contributed by atoms with E-state index in [-0.39, 0.29) is 5.82 Å². The highest BCUT2D eigenvalue weighted by atomic mass is 19.1. The largest absolute Gasteiger partial charge is 0.489 e.